The van der Waals surface area contributed by atoms with Crippen molar-refractivity contribution in [1.82, 2.24) is 15.3 Å². The van der Waals surface area contributed by atoms with Crippen LogP contribution >= 0.6 is 15.9 Å². The first-order valence-electron chi connectivity index (χ1n) is 6.92. The van der Waals surface area contributed by atoms with Crippen LogP contribution in [0.1, 0.15) is 42.4 Å². The molecule has 2 N–H and O–H groups in total. The number of aromatic amines is 1. The summed E-state index contributed by atoms with van der Waals surface area (Å²) >= 11 is 3.53. The van der Waals surface area contributed by atoms with Crippen LogP contribution in [-0.2, 0) is 6.42 Å². The maximum absolute atomic E-state index is 4.85. The molecule has 0 spiro atoms. The average Bonchev–Trinajstić information content (AvgIpc) is 2.96. The quantitative estimate of drug-likeness (QED) is 0.720. The summed E-state index contributed by atoms with van der Waals surface area (Å²) in [4.78, 5) is 8.39. The van der Waals surface area contributed by atoms with Crippen LogP contribution in [0, 0.1) is 0 Å². The van der Waals surface area contributed by atoms with Crippen molar-refractivity contribution in [2.75, 3.05) is 6.54 Å². The Hall–Kier alpha value is -1.13. The van der Waals surface area contributed by atoms with E-state index >= 15 is 0 Å². The molecule has 1 unspecified atom stereocenters. The molecule has 1 aliphatic carbocycles. The van der Waals surface area contributed by atoms with Crippen LogP contribution in [0.5, 0.6) is 0 Å². The van der Waals surface area contributed by atoms with Crippen molar-refractivity contribution in [1.29, 1.82) is 0 Å². The predicted octanol–water partition coefficient (Wildman–Crippen LogP) is 3.56. The molecule has 1 fully saturated rings. The van der Waals surface area contributed by atoms with E-state index in [-0.39, 0.29) is 0 Å². The topological polar surface area (TPSA) is 40.7 Å². The van der Waals surface area contributed by atoms with E-state index in [4.69, 9.17) is 4.98 Å². The lowest BCUT2D eigenvalue weighted by Gasteiger charge is -2.21. The molecule has 2 aliphatic rings. The van der Waals surface area contributed by atoms with E-state index in [0.717, 1.165) is 29.0 Å². The summed E-state index contributed by atoms with van der Waals surface area (Å²) in [5, 5.41) is 3.56. The second-order valence-corrected chi connectivity index (χ2v) is 6.35. The van der Waals surface area contributed by atoms with Gasteiger partial charge in [0.1, 0.15) is 5.82 Å². The van der Waals surface area contributed by atoms with Crippen LogP contribution in [-0.4, -0.2) is 16.5 Å². The van der Waals surface area contributed by atoms with E-state index in [0.29, 0.717) is 6.04 Å². The number of nitrogens with zero attached hydrogens (tertiary/aromatic N) is 1. The van der Waals surface area contributed by atoms with E-state index in [2.05, 4.69) is 44.4 Å². The number of aromatic nitrogens is 2. The highest BCUT2D eigenvalue weighted by molar-refractivity contribution is 9.10. The minimum atomic E-state index is 0.415. The molecule has 1 atom stereocenters. The van der Waals surface area contributed by atoms with Gasteiger partial charge in [0, 0.05) is 22.2 Å². The molecule has 2 heterocycles. The second kappa shape index (κ2) is 4.46. The van der Waals surface area contributed by atoms with E-state index in [1.807, 2.05) is 0 Å². The molecule has 0 bridgehead atoms. The van der Waals surface area contributed by atoms with Gasteiger partial charge in [-0.25, -0.2) is 4.98 Å². The summed E-state index contributed by atoms with van der Waals surface area (Å²) in [6.45, 7) is 1.11. The molecule has 1 aromatic carbocycles. The summed E-state index contributed by atoms with van der Waals surface area (Å²) < 4.78 is 1.14. The van der Waals surface area contributed by atoms with Crippen molar-refractivity contribution in [2.24, 2.45) is 0 Å². The molecule has 0 saturated carbocycles. The lowest BCUT2D eigenvalue weighted by atomic mass is 10.0. The van der Waals surface area contributed by atoms with Crippen LogP contribution < -0.4 is 5.32 Å². The molecule has 0 radical (unpaired) electrons. The number of nitrogens with one attached hydrogen (secondary N) is 2. The summed E-state index contributed by atoms with van der Waals surface area (Å²) in [6, 6.07) is 6.88. The van der Waals surface area contributed by atoms with Gasteiger partial charge in [-0.05, 0) is 37.1 Å². The Morgan fingerprint density at radius 3 is 3.05 bits per heavy atom. The zero-order valence-electron chi connectivity index (χ0n) is 10.7. The number of imidazole rings is 1. The van der Waals surface area contributed by atoms with Gasteiger partial charge >= 0.3 is 0 Å². The minimum Gasteiger partial charge on any atom is -0.344 e. The highest BCUT2D eigenvalue weighted by Crippen LogP contribution is 2.37. The fourth-order valence-corrected chi connectivity index (χ4v) is 3.57. The second-order valence-electron chi connectivity index (χ2n) is 5.43. The number of rotatable bonds is 1. The van der Waals surface area contributed by atoms with Crippen molar-refractivity contribution in [3.05, 3.63) is 39.8 Å². The zero-order valence-corrected chi connectivity index (χ0v) is 12.3. The number of hydrogen-bond acceptors (Lipinski definition) is 2. The number of fused-ring (bicyclic) bond motifs is 3. The molecule has 1 aliphatic heterocycles. The fraction of sp³-hybridized carbons (Fsp3) is 0.400. The van der Waals surface area contributed by atoms with Crippen molar-refractivity contribution in [3.63, 3.8) is 0 Å². The van der Waals surface area contributed by atoms with Gasteiger partial charge in [0.2, 0.25) is 0 Å². The van der Waals surface area contributed by atoms with Crippen LogP contribution in [0.15, 0.2) is 22.7 Å². The number of piperidine rings is 1. The number of benzene rings is 1. The van der Waals surface area contributed by atoms with Gasteiger partial charge in [0.15, 0.2) is 0 Å². The molecule has 4 rings (SSSR count). The van der Waals surface area contributed by atoms with Gasteiger partial charge in [0.25, 0.3) is 0 Å². The molecule has 4 heteroatoms. The van der Waals surface area contributed by atoms with Gasteiger partial charge in [-0.3, -0.25) is 0 Å². The maximum Gasteiger partial charge on any atom is 0.124 e. The third-order valence-electron chi connectivity index (χ3n) is 4.13. The lowest BCUT2D eigenvalue weighted by Crippen LogP contribution is -2.27. The first-order valence-corrected chi connectivity index (χ1v) is 7.71. The van der Waals surface area contributed by atoms with E-state index in [9.17, 15) is 0 Å². The van der Waals surface area contributed by atoms with Gasteiger partial charge in [-0.15, -0.1) is 0 Å². The van der Waals surface area contributed by atoms with E-state index < -0.39 is 0 Å². The number of H-pyrrole nitrogens is 1. The summed E-state index contributed by atoms with van der Waals surface area (Å²) in [6.07, 6.45) is 4.75. The third-order valence-corrected chi connectivity index (χ3v) is 4.62. The lowest BCUT2D eigenvalue weighted by molar-refractivity contribution is 0.399. The monoisotopic (exact) mass is 317 g/mol. The standard InChI is InChI=1S/C15H16BrN3/c16-10-4-5-11-9(7-10)8-13-14(11)19-15(18-13)12-3-1-2-6-17-12/h4-5,7,12,17H,1-3,6,8H2,(H,18,19). The first kappa shape index (κ1) is 11.7. The molecule has 2 aromatic rings. The number of hydrogen-bond donors (Lipinski definition) is 2. The molecule has 1 saturated heterocycles. The normalized spacial score (nSPS) is 21.2. The predicted molar refractivity (Wildman–Crippen MR) is 79.1 cm³/mol. The Bertz CT molecular complexity index is 626. The van der Waals surface area contributed by atoms with Crippen LogP contribution in [0.2, 0.25) is 0 Å². The fourth-order valence-electron chi connectivity index (χ4n) is 3.16. The van der Waals surface area contributed by atoms with E-state index in [1.54, 1.807) is 0 Å². The molecule has 0 amide bonds. The maximum atomic E-state index is 4.85. The Labute approximate surface area is 121 Å². The van der Waals surface area contributed by atoms with Crippen molar-refractivity contribution < 1.29 is 0 Å². The summed E-state index contributed by atoms with van der Waals surface area (Å²) in [5.41, 5.74) is 5.09. The highest BCUT2D eigenvalue weighted by atomic mass is 79.9. The van der Waals surface area contributed by atoms with Crippen molar-refractivity contribution >= 4 is 15.9 Å². The minimum absolute atomic E-state index is 0.415. The Balaban J connectivity index is 1.71. The largest absolute Gasteiger partial charge is 0.344 e. The van der Waals surface area contributed by atoms with Crippen LogP contribution in [0.3, 0.4) is 0 Å². The third kappa shape index (κ3) is 1.94. The molecular formula is C15H16BrN3. The summed E-state index contributed by atoms with van der Waals surface area (Å²) in [5.74, 6) is 1.12. The molecule has 98 valence electrons. The van der Waals surface area contributed by atoms with Gasteiger partial charge in [-0.2, -0.15) is 0 Å². The molecule has 1 aromatic heterocycles. The van der Waals surface area contributed by atoms with Crippen molar-refractivity contribution in [2.45, 2.75) is 31.7 Å². The highest BCUT2D eigenvalue weighted by Gasteiger charge is 2.26. The Morgan fingerprint density at radius 1 is 1.26 bits per heavy atom. The number of halogens is 1. The van der Waals surface area contributed by atoms with Gasteiger partial charge < -0.3 is 10.3 Å². The molecule has 3 nitrogen and oxygen atoms in total. The van der Waals surface area contributed by atoms with Gasteiger partial charge in [0.05, 0.1) is 11.7 Å². The zero-order chi connectivity index (χ0) is 12.8. The first-order chi connectivity index (χ1) is 9.31. The Morgan fingerprint density at radius 2 is 2.21 bits per heavy atom. The van der Waals surface area contributed by atoms with Gasteiger partial charge in [-0.1, -0.05) is 28.4 Å². The van der Waals surface area contributed by atoms with Crippen LogP contribution in [0.25, 0.3) is 11.3 Å². The van der Waals surface area contributed by atoms with E-state index in [1.165, 1.54) is 36.1 Å². The SMILES string of the molecule is Brc1ccc2c(c1)Cc1[nH]c(C3CCCCN3)nc1-2. The molecular weight excluding hydrogens is 302 g/mol. The van der Waals surface area contributed by atoms with Crippen LogP contribution in [0.4, 0.5) is 0 Å². The average molecular weight is 318 g/mol. The summed E-state index contributed by atoms with van der Waals surface area (Å²) in [7, 11) is 0. The Kier molecular flexibility index (Phi) is 2.74. The van der Waals surface area contributed by atoms with Crippen molar-refractivity contribution in [3.8, 4) is 11.3 Å². The smallest absolute Gasteiger partial charge is 0.124 e. The molecule has 19 heavy (non-hydrogen) atoms.